The first-order valence-corrected chi connectivity index (χ1v) is 12.8. The van der Waals surface area contributed by atoms with Crippen molar-refractivity contribution in [1.82, 2.24) is 4.90 Å². The van der Waals surface area contributed by atoms with Gasteiger partial charge < -0.3 is 15.3 Å². The maximum absolute atomic E-state index is 10.7. The molecule has 0 radical (unpaired) electrons. The van der Waals surface area contributed by atoms with Gasteiger partial charge in [-0.1, -0.05) is 81.9 Å². The standard InChI is InChI=1S/C22H46INO3/c1-4-7-10-20(25)14-13-19(22(27)12-9-6-3)15-16-24(18-23)17-21(26)11-8-5-2/h19-22,25-27H,4-18H2,1-3H3. The van der Waals surface area contributed by atoms with Crippen LogP contribution in [-0.2, 0) is 0 Å². The fourth-order valence-electron chi connectivity index (χ4n) is 3.55. The molecule has 3 N–H and O–H groups in total. The number of hydrogen-bond acceptors (Lipinski definition) is 4. The number of alkyl halides is 1. The Morgan fingerprint density at radius 1 is 0.704 bits per heavy atom. The van der Waals surface area contributed by atoms with Gasteiger partial charge in [-0.2, -0.15) is 0 Å². The molecule has 0 amide bonds. The molecule has 0 heterocycles. The minimum atomic E-state index is -0.274. The number of nitrogens with zero attached hydrogens (tertiary/aromatic N) is 1. The number of aliphatic hydroxyl groups excluding tert-OH is 3. The van der Waals surface area contributed by atoms with Gasteiger partial charge in [0.05, 0.1) is 22.9 Å². The molecule has 0 fully saturated rings. The molecule has 4 nitrogen and oxygen atoms in total. The zero-order valence-electron chi connectivity index (χ0n) is 18.1. The van der Waals surface area contributed by atoms with E-state index in [0.717, 1.165) is 94.7 Å². The summed E-state index contributed by atoms with van der Waals surface area (Å²) in [6, 6.07) is 0. The summed E-state index contributed by atoms with van der Waals surface area (Å²) in [5.41, 5.74) is 0. The van der Waals surface area contributed by atoms with Gasteiger partial charge in [-0.25, -0.2) is 0 Å². The van der Waals surface area contributed by atoms with Crippen LogP contribution in [0.15, 0.2) is 0 Å². The monoisotopic (exact) mass is 499 g/mol. The molecule has 0 aliphatic heterocycles. The predicted octanol–water partition coefficient (Wildman–Crippen LogP) is 5.12. The molecule has 4 unspecified atom stereocenters. The normalized spacial score (nSPS) is 16.4. The van der Waals surface area contributed by atoms with Crippen molar-refractivity contribution in [3.05, 3.63) is 0 Å². The second kappa shape index (κ2) is 18.6. The second-order valence-electron chi connectivity index (χ2n) is 8.12. The van der Waals surface area contributed by atoms with Gasteiger partial charge in [0, 0.05) is 6.54 Å². The molecule has 0 rings (SSSR count). The molecule has 0 aromatic heterocycles. The molecular formula is C22H46INO3. The van der Waals surface area contributed by atoms with Gasteiger partial charge >= 0.3 is 0 Å². The quantitative estimate of drug-likeness (QED) is 0.131. The van der Waals surface area contributed by atoms with Crippen LogP contribution in [0.5, 0.6) is 0 Å². The number of rotatable bonds is 19. The van der Waals surface area contributed by atoms with Crippen LogP contribution in [0.25, 0.3) is 0 Å². The average molecular weight is 500 g/mol. The third kappa shape index (κ3) is 15.1. The van der Waals surface area contributed by atoms with Gasteiger partial charge in [-0.15, -0.1) is 0 Å². The minimum Gasteiger partial charge on any atom is -0.393 e. The summed E-state index contributed by atoms with van der Waals surface area (Å²) in [4.78, 5) is 2.30. The van der Waals surface area contributed by atoms with Gasteiger partial charge in [0.2, 0.25) is 0 Å². The Kier molecular flexibility index (Phi) is 19.0. The molecule has 5 heteroatoms. The lowest BCUT2D eigenvalue weighted by Gasteiger charge is -2.28. The summed E-state index contributed by atoms with van der Waals surface area (Å²) in [7, 11) is 0. The summed E-state index contributed by atoms with van der Waals surface area (Å²) >= 11 is 2.37. The third-order valence-corrected chi connectivity index (χ3v) is 6.47. The van der Waals surface area contributed by atoms with Crippen LogP contribution in [0.3, 0.4) is 0 Å². The van der Waals surface area contributed by atoms with E-state index in [4.69, 9.17) is 0 Å². The molecule has 0 saturated carbocycles. The van der Waals surface area contributed by atoms with E-state index >= 15 is 0 Å². The molecule has 0 saturated heterocycles. The van der Waals surface area contributed by atoms with Crippen LogP contribution in [0.4, 0.5) is 0 Å². The van der Waals surface area contributed by atoms with E-state index in [1.165, 1.54) is 0 Å². The fourth-order valence-corrected chi connectivity index (χ4v) is 4.17. The average Bonchev–Trinajstić information content (AvgIpc) is 2.67. The van der Waals surface area contributed by atoms with Crippen molar-refractivity contribution >= 4 is 22.6 Å². The summed E-state index contributed by atoms with van der Waals surface area (Å²) in [6.45, 7) is 8.09. The number of aliphatic hydroxyl groups is 3. The SMILES string of the molecule is CCCCC(O)CCC(CCN(CI)CC(O)CCCC)C(O)CCCC. The molecule has 0 aliphatic rings. The van der Waals surface area contributed by atoms with Crippen LogP contribution >= 0.6 is 22.6 Å². The van der Waals surface area contributed by atoms with Crippen molar-refractivity contribution in [3.8, 4) is 0 Å². The molecule has 27 heavy (non-hydrogen) atoms. The lowest BCUT2D eigenvalue weighted by molar-refractivity contribution is 0.0602. The zero-order chi connectivity index (χ0) is 20.5. The van der Waals surface area contributed by atoms with Gasteiger partial charge in [0.15, 0.2) is 0 Å². The van der Waals surface area contributed by atoms with Crippen molar-refractivity contribution < 1.29 is 15.3 Å². The summed E-state index contributed by atoms with van der Waals surface area (Å²) < 4.78 is 0.901. The lowest BCUT2D eigenvalue weighted by Crippen LogP contribution is -2.34. The highest BCUT2D eigenvalue weighted by atomic mass is 127. The highest BCUT2D eigenvalue weighted by Crippen LogP contribution is 2.23. The van der Waals surface area contributed by atoms with E-state index in [0.29, 0.717) is 0 Å². The van der Waals surface area contributed by atoms with Crippen LogP contribution < -0.4 is 0 Å². The number of hydrogen-bond donors (Lipinski definition) is 3. The third-order valence-electron chi connectivity index (χ3n) is 5.50. The Morgan fingerprint density at radius 2 is 1.26 bits per heavy atom. The summed E-state index contributed by atoms with van der Waals surface area (Å²) in [5.74, 6) is 0.242. The van der Waals surface area contributed by atoms with Gasteiger partial charge in [-0.05, 0) is 51.0 Å². The molecule has 4 atom stereocenters. The van der Waals surface area contributed by atoms with Crippen molar-refractivity contribution in [1.29, 1.82) is 0 Å². The Labute approximate surface area is 182 Å². The molecule has 164 valence electrons. The molecule has 0 aromatic rings. The first kappa shape index (κ1) is 27.6. The summed E-state index contributed by atoms with van der Waals surface area (Å²) in [5, 5.41) is 31.1. The first-order valence-electron chi connectivity index (χ1n) is 11.3. The highest BCUT2D eigenvalue weighted by Gasteiger charge is 2.21. The lowest BCUT2D eigenvalue weighted by atomic mass is 9.88. The van der Waals surface area contributed by atoms with E-state index < -0.39 is 0 Å². The second-order valence-corrected chi connectivity index (χ2v) is 8.81. The van der Waals surface area contributed by atoms with E-state index in [2.05, 4.69) is 48.3 Å². The summed E-state index contributed by atoms with van der Waals surface area (Å²) in [6.07, 6.45) is 11.0. The molecule has 0 aromatic carbocycles. The van der Waals surface area contributed by atoms with Crippen molar-refractivity contribution in [2.24, 2.45) is 5.92 Å². The fraction of sp³-hybridized carbons (Fsp3) is 1.00. The van der Waals surface area contributed by atoms with Gasteiger partial charge in [0.25, 0.3) is 0 Å². The van der Waals surface area contributed by atoms with E-state index in [-0.39, 0.29) is 24.2 Å². The molecule has 0 bridgehead atoms. The number of unbranched alkanes of at least 4 members (excludes halogenated alkanes) is 3. The van der Waals surface area contributed by atoms with Crippen molar-refractivity contribution in [2.75, 3.05) is 17.6 Å². The minimum absolute atomic E-state index is 0.234. The van der Waals surface area contributed by atoms with Gasteiger partial charge in [0.1, 0.15) is 0 Å². The largest absolute Gasteiger partial charge is 0.393 e. The van der Waals surface area contributed by atoms with Crippen LogP contribution in [0, 0.1) is 5.92 Å². The molecule has 0 aliphatic carbocycles. The smallest absolute Gasteiger partial charge is 0.0667 e. The zero-order valence-corrected chi connectivity index (χ0v) is 20.2. The van der Waals surface area contributed by atoms with E-state index in [1.54, 1.807) is 0 Å². The topological polar surface area (TPSA) is 63.9 Å². The Hall–Kier alpha value is 0.570. The van der Waals surface area contributed by atoms with Gasteiger partial charge in [-0.3, -0.25) is 4.90 Å². The van der Waals surface area contributed by atoms with Crippen LogP contribution in [-0.4, -0.2) is 56.2 Å². The Balaban J connectivity index is 4.52. The van der Waals surface area contributed by atoms with Crippen LogP contribution in [0.2, 0.25) is 0 Å². The van der Waals surface area contributed by atoms with Crippen molar-refractivity contribution in [3.63, 3.8) is 0 Å². The predicted molar refractivity (Wildman–Crippen MR) is 124 cm³/mol. The van der Waals surface area contributed by atoms with Crippen molar-refractivity contribution in [2.45, 2.75) is 116 Å². The van der Waals surface area contributed by atoms with E-state index in [1.807, 2.05) is 0 Å². The maximum Gasteiger partial charge on any atom is 0.0667 e. The first-order chi connectivity index (χ1) is 13.0. The van der Waals surface area contributed by atoms with E-state index in [9.17, 15) is 15.3 Å². The Morgan fingerprint density at radius 3 is 1.81 bits per heavy atom. The number of halogens is 1. The molecule has 0 spiro atoms. The molecular weight excluding hydrogens is 453 g/mol. The maximum atomic E-state index is 10.7. The highest BCUT2D eigenvalue weighted by molar-refractivity contribution is 14.1. The van der Waals surface area contributed by atoms with Crippen LogP contribution in [0.1, 0.15) is 97.8 Å². The Bertz CT molecular complexity index is 320.